The van der Waals surface area contributed by atoms with E-state index < -0.39 is 16.1 Å². The zero-order chi connectivity index (χ0) is 24.4. The van der Waals surface area contributed by atoms with E-state index in [-0.39, 0.29) is 9.62 Å². The van der Waals surface area contributed by atoms with Crippen LogP contribution in [0.25, 0.3) is 11.1 Å². The number of sulfonamides is 1. The van der Waals surface area contributed by atoms with Crippen molar-refractivity contribution in [3.05, 3.63) is 58.7 Å². The van der Waals surface area contributed by atoms with E-state index in [0.717, 1.165) is 35.2 Å². The molecule has 1 aromatic carbocycles. The van der Waals surface area contributed by atoms with Gasteiger partial charge in [0.25, 0.3) is 10.0 Å². The van der Waals surface area contributed by atoms with Crippen LogP contribution in [-0.2, 0) is 33.1 Å². The molecule has 0 unspecified atom stereocenters. The van der Waals surface area contributed by atoms with E-state index in [2.05, 4.69) is 44.5 Å². The van der Waals surface area contributed by atoms with Gasteiger partial charge in [-0.25, -0.2) is 17.9 Å². The monoisotopic (exact) mass is 489 g/mol. The smallest absolute Gasteiger partial charge is 0.420 e. The van der Waals surface area contributed by atoms with Gasteiger partial charge in [-0.3, -0.25) is 4.68 Å². The first-order valence-electron chi connectivity index (χ1n) is 10.8. The van der Waals surface area contributed by atoms with Crippen LogP contribution in [0.1, 0.15) is 50.8 Å². The molecule has 33 heavy (non-hydrogen) atoms. The molecule has 2 heterocycles. The van der Waals surface area contributed by atoms with E-state index in [0.29, 0.717) is 18.0 Å². The number of nitrogens with one attached hydrogen (secondary N) is 1. The Bertz CT molecular complexity index is 1220. The molecule has 0 atom stereocenters. The number of carbonyl (C=O) groups excluding carboxylic acids is 1. The van der Waals surface area contributed by atoms with Crippen molar-refractivity contribution in [1.82, 2.24) is 14.5 Å². The number of thiophene rings is 1. The average molecular weight is 490 g/mol. The minimum Gasteiger partial charge on any atom is -0.452 e. The number of aromatic nitrogens is 2. The predicted octanol–water partition coefficient (Wildman–Crippen LogP) is 5.20. The molecule has 0 spiro atoms. The predicted molar refractivity (Wildman–Crippen MR) is 131 cm³/mol. The number of hydrogen-bond donors (Lipinski definition) is 1. The Morgan fingerprint density at radius 3 is 2.42 bits per heavy atom. The number of amides is 1. The SMILES string of the molecule is COC(=O)NS(=O)(=O)c1sc(CC(C)C)cc1-c1ccc(Cn2nccc2C(C)(C)C)cc1. The van der Waals surface area contributed by atoms with Gasteiger partial charge in [0.2, 0.25) is 0 Å². The summed E-state index contributed by atoms with van der Waals surface area (Å²) in [6, 6.07) is 11.7. The first-order valence-corrected chi connectivity index (χ1v) is 13.1. The zero-order valence-corrected chi connectivity index (χ0v) is 21.5. The van der Waals surface area contributed by atoms with Crippen LogP contribution in [0.15, 0.2) is 46.8 Å². The van der Waals surface area contributed by atoms with Crippen molar-refractivity contribution in [3.8, 4) is 11.1 Å². The van der Waals surface area contributed by atoms with Gasteiger partial charge in [0, 0.05) is 27.7 Å². The van der Waals surface area contributed by atoms with Crippen LogP contribution < -0.4 is 4.72 Å². The summed E-state index contributed by atoms with van der Waals surface area (Å²) in [4.78, 5) is 12.6. The quantitative estimate of drug-likeness (QED) is 0.493. The van der Waals surface area contributed by atoms with Gasteiger partial charge < -0.3 is 4.74 Å². The molecule has 178 valence electrons. The van der Waals surface area contributed by atoms with Crippen LogP contribution in [0.3, 0.4) is 0 Å². The second-order valence-corrected chi connectivity index (χ2v) is 12.4. The molecule has 0 aliphatic rings. The maximum atomic E-state index is 12.9. The molecule has 7 nitrogen and oxygen atoms in total. The van der Waals surface area contributed by atoms with Crippen LogP contribution in [-0.4, -0.2) is 31.4 Å². The Labute approximate surface area is 199 Å². The lowest BCUT2D eigenvalue weighted by Gasteiger charge is -2.20. The highest BCUT2D eigenvalue weighted by Crippen LogP contribution is 2.36. The van der Waals surface area contributed by atoms with Crippen LogP contribution in [0, 0.1) is 5.92 Å². The number of methoxy groups -OCH3 is 1. The van der Waals surface area contributed by atoms with Gasteiger partial charge in [-0.15, -0.1) is 11.3 Å². The van der Waals surface area contributed by atoms with Gasteiger partial charge in [0.05, 0.1) is 13.7 Å². The average Bonchev–Trinajstić information content (AvgIpc) is 3.35. The molecule has 0 bridgehead atoms. The summed E-state index contributed by atoms with van der Waals surface area (Å²) in [7, 11) is -2.93. The highest BCUT2D eigenvalue weighted by Gasteiger charge is 2.26. The fourth-order valence-corrected chi connectivity index (χ4v) is 6.45. The Hall–Kier alpha value is -2.65. The number of nitrogens with zero attached hydrogens (tertiary/aromatic N) is 2. The van der Waals surface area contributed by atoms with E-state index in [1.165, 1.54) is 11.3 Å². The second kappa shape index (κ2) is 9.69. The van der Waals surface area contributed by atoms with Crippen molar-refractivity contribution in [1.29, 1.82) is 0 Å². The van der Waals surface area contributed by atoms with Crippen molar-refractivity contribution in [2.75, 3.05) is 7.11 Å². The summed E-state index contributed by atoms with van der Waals surface area (Å²) in [6.45, 7) is 11.2. The third-order valence-corrected chi connectivity index (χ3v) is 8.09. The van der Waals surface area contributed by atoms with E-state index in [9.17, 15) is 13.2 Å². The lowest BCUT2D eigenvalue weighted by Crippen LogP contribution is -2.30. The number of ether oxygens (including phenoxy) is 1. The van der Waals surface area contributed by atoms with Crippen molar-refractivity contribution >= 4 is 27.5 Å². The summed E-state index contributed by atoms with van der Waals surface area (Å²) >= 11 is 1.18. The third kappa shape index (κ3) is 6.03. The topological polar surface area (TPSA) is 90.3 Å². The molecule has 0 aliphatic carbocycles. The van der Waals surface area contributed by atoms with Crippen LogP contribution in [0.5, 0.6) is 0 Å². The lowest BCUT2D eigenvalue weighted by atomic mass is 9.92. The second-order valence-electron chi connectivity index (χ2n) is 9.43. The van der Waals surface area contributed by atoms with Gasteiger partial charge in [-0.05, 0) is 35.6 Å². The van der Waals surface area contributed by atoms with Crippen molar-refractivity contribution < 1.29 is 17.9 Å². The molecule has 1 amide bonds. The molecule has 0 radical (unpaired) electrons. The maximum Gasteiger partial charge on any atom is 0.420 e. The molecule has 0 saturated heterocycles. The van der Waals surface area contributed by atoms with Crippen LogP contribution in [0.2, 0.25) is 0 Å². The molecule has 2 aromatic heterocycles. The first kappa shape index (κ1) is 25.0. The molecule has 3 aromatic rings. The molecule has 0 fully saturated rings. The van der Waals surface area contributed by atoms with E-state index >= 15 is 0 Å². The largest absolute Gasteiger partial charge is 0.452 e. The van der Waals surface area contributed by atoms with E-state index in [1.807, 2.05) is 52.0 Å². The van der Waals surface area contributed by atoms with Gasteiger partial charge in [-0.1, -0.05) is 58.9 Å². The minimum atomic E-state index is -4.06. The lowest BCUT2D eigenvalue weighted by molar-refractivity contribution is 0.177. The molecular formula is C24H31N3O4S2. The number of hydrogen-bond acceptors (Lipinski definition) is 6. The van der Waals surface area contributed by atoms with E-state index in [1.54, 1.807) is 0 Å². The first-order chi connectivity index (χ1) is 15.4. The Kier molecular flexibility index (Phi) is 7.33. The van der Waals surface area contributed by atoms with Crippen molar-refractivity contribution in [3.63, 3.8) is 0 Å². The summed E-state index contributed by atoms with van der Waals surface area (Å²) in [5, 5.41) is 4.46. The van der Waals surface area contributed by atoms with Crippen LogP contribution >= 0.6 is 11.3 Å². The molecule has 0 aliphatic heterocycles. The number of benzene rings is 1. The van der Waals surface area contributed by atoms with Crippen LogP contribution in [0.4, 0.5) is 4.79 Å². The molecule has 3 rings (SSSR count). The molecule has 9 heteroatoms. The zero-order valence-electron chi connectivity index (χ0n) is 19.9. The van der Waals surface area contributed by atoms with Gasteiger partial charge in [0.1, 0.15) is 4.21 Å². The summed E-state index contributed by atoms with van der Waals surface area (Å²) in [5.74, 6) is 0.370. The third-order valence-electron chi connectivity index (χ3n) is 5.09. The normalized spacial score (nSPS) is 12.2. The molecular weight excluding hydrogens is 458 g/mol. The number of carbonyl (C=O) groups is 1. The van der Waals surface area contributed by atoms with Gasteiger partial charge in [-0.2, -0.15) is 5.10 Å². The fraction of sp³-hybridized carbons (Fsp3) is 0.417. The standard InChI is InChI=1S/C24H31N3O4S2/c1-16(2)13-19-14-20(22(32-19)33(29,30)26-23(28)31-6)18-9-7-17(8-10-18)15-27-21(11-12-25-27)24(3,4)5/h7-12,14,16H,13,15H2,1-6H3,(H,26,28). The van der Waals surface area contributed by atoms with Gasteiger partial charge >= 0.3 is 6.09 Å². The summed E-state index contributed by atoms with van der Waals surface area (Å²) < 4.78 is 34.3. The summed E-state index contributed by atoms with van der Waals surface area (Å²) in [6.07, 6.45) is 1.55. The Balaban J connectivity index is 1.95. The molecule has 1 N–H and O–H groups in total. The highest BCUT2D eigenvalue weighted by atomic mass is 32.2. The maximum absolute atomic E-state index is 12.9. The fourth-order valence-electron chi connectivity index (χ4n) is 3.58. The van der Waals surface area contributed by atoms with Crippen molar-refractivity contribution in [2.24, 2.45) is 5.92 Å². The summed E-state index contributed by atoms with van der Waals surface area (Å²) in [5.41, 5.74) is 3.53. The molecule has 0 saturated carbocycles. The minimum absolute atomic E-state index is 0.0180. The Morgan fingerprint density at radius 1 is 1.18 bits per heavy atom. The number of rotatable bonds is 7. The van der Waals surface area contributed by atoms with Gasteiger partial charge in [0.15, 0.2) is 0 Å². The van der Waals surface area contributed by atoms with Crippen molar-refractivity contribution in [2.45, 2.75) is 57.2 Å². The Morgan fingerprint density at radius 2 is 1.85 bits per heavy atom. The highest BCUT2D eigenvalue weighted by molar-refractivity contribution is 7.92. The van der Waals surface area contributed by atoms with E-state index in [4.69, 9.17) is 0 Å².